The molecule has 0 saturated heterocycles. The van der Waals surface area contributed by atoms with Gasteiger partial charge >= 0.3 is 0 Å². The Morgan fingerprint density at radius 2 is 1.86 bits per heavy atom. The molecule has 22 heavy (non-hydrogen) atoms. The summed E-state index contributed by atoms with van der Waals surface area (Å²) in [4.78, 5) is 12.0. The van der Waals surface area contributed by atoms with Gasteiger partial charge in [0, 0.05) is 6.61 Å². The number of carbonyl (C=O) groups is 1. The van der Waals surface area contributed by atoms with Gasteiger partial charge in [-0.1, -0.05) is 6.07 Å². The lowest BCUT2D eigenvalue weighted by molar-refractivity contribution is -0.132. The van der Waals surface area contributed by atoms with Crippen LogP contribution in [0.3, 0.4) is 0 Å². The number of amides is 1. The zero-order valence-corrected chi connectivity index (χ0v) is 14.3. The van der Waals surface area contributed by atoms with Crippen LogP contribution in [-0.4, -0.2) is 31.8 Å². The first-order valence-electron chi connectivity index (χ1n) is 7.65. The third-order valence-electron chi connectivity index (χ3n) is 3.20. The molecule has 124 valence electrons. The lowest BCUT2D eigenvalue weighted by atomic mass is 10.1. The van der Waals surface area contributed by atoms with Gasteiger partial charge < -0.3 is 19.5 Å². The third kappa shape index (κ3) is 5.22. The van der Waals surface area contributed by atoms with Crippen molar-refractivity contribution < 1.29 is 19.0 Å². The molecule has 0 radical (unpaired) electrons. The normalized spacial score (nSPS) is 13.6. The minimum atomic E-state index is -0.460. The van der Waals surface area contributed by atoms with Crippen LogP contribution >= 0.6 is 0 Å². The van der Waals surface area contributed by atoms with Crippen LogP contribution in [0.4, 0.5) is 0 Å². The van der Waals surface area contributed by atoms with Crippen LogP contribution in [0, 0.1) is 0 Å². The van der Waals surface area contributed by atoms with Crippen LogP contribution in [0.5, 0.6) is 11.5 Å². The molecule has 0 saturated carbocycles. The maximum absolute atomic E-state index is 12.0. The Morgan fingerprint density at radius 3 is 2.41 bits per heavy atom. The molecule has 1 N–H and O–H groups in total. The molecular weight excluding hydrogens is 282 g/mol. The minimum Gasteiger partial charge on any atom is -0.493 e. The number of hydrogen-bond donors (Lipinski definition) is 1. The number of benzene rings is 1. The Kier molecular flexibility index (Phi) is 7.18. The van der Waals surface area contributed by atoms with Crippen molar-refractivity contribution >= 4 is 5.91 Å². The average molecular weight is 309 g/mol. The largest absolute Gasteiger partial charge is 0.493 e. The van der Waals surface area contributed by atoms with Gasteiger partial charge in [0.2, 0.25) is 5.91 Å². The molecule has 0 aliphatic carbocycles. The van der Waals surface area contributed by atoms with Crippen molar-refractivity contribution in [1.29, 1.82) is 0 Å². The summed E-state index contributed by atoms with van der Waals surface area (Å²) in [6.45, 7) is 9.97. The summed E-state index contributed by atoms with van der Waals surface area (Å²) < 4.78 is 16.3. The second kappa shape index (κ2) is 8.63. The SMILES string of the molecule is CCOC(C)C(=O)NC(C)c1ccc(OC(C)C)c(OC)c1. The van der Waals surface area contributed by atoms with Crippen molar-refractivity contribution in [3.63, 3.8) is 0 Å². The number of nitrogens with one attached hydrogen (secondary N) is 1. The van der Waals surface area contributed by atoms with Crippen LogP contribution in [0.1, 0.15) is 46.2 Å². The van der Waals surface area contributed by atoms with Gasteiger partial charge in [0.1, 0.15) is 6.10 Å². The van der Waals surface area contributed by atoms with Crippen LogP contribution in [0.2, 0.25) is 0 Å². The van der Waals surface area contributed by atoms with E-state index in [0.717, 1.165) is 5.56 Å². The average Bonchev–Trinajstić information content (AvgIpc) is 2.47. The Morgan fingerprint density at radius 1 is 1.18 bits per heavy atom. The smallest absolute Gasteiger partial charge is 0.249 e. The van der Waals surface area contributed by atoms with Crippen molar-refractivity contribution in [2.24, 2.45) is 0 Å². The summed E-state index contributed by atoms with van der Waals surface area (Å²) in [5.74, 6) is 1.23. The van der Waals surface area contributed by atoms with E-state index in [1.54, 1.807) is 14.0 Å². The van der Waals surface area contributed by atoms with Crippen molar-refractivity contribution in [2.75, 3.05) is 13.7 Å². The fourth-order valence-corrected chi connectivity index (χ4v) is 2.04. The molecule has 0 spiro atoms. The van der Waals surface area contributed by atoms with E-state index in [1.807, 2.05) is 45.9 Å². The molecule has 0 heterocycles. The van der Waals surface area contributed by atoms with Gasteiger partial charge in [-0.15, -0.1) is 0 Å². The number of rotatable bonds is 8. The highest BCUT2D eigenvalue weighted by Crippen LogP contribution is 2.31. The van der Waals surface area contributed by atoms with E-state index in [0.29, 0.717) is 18.1 Å². The topological polar surface area (TPSA) is 56.8 Å². The van der Waals surface area contributed by atoms with E-state index in [-0.39, 0.29) is 18.1 Å². The molecule has 5 heteroatoms. The Hall–Kier alpha value is -1.75. The molecule has 0 aromatic heterocycles. The molecule has 0 fully saturated rings. The summed E-state index contributed by atoms with van der Waals surface area (Å²) in [5, 5.41) is 2.93. The van der Waals surface area contributed by atoms with Crippen LogP contribution < -0.4 is 14.8 Å². The van der Waals surface area contributed by atoms with Gasteiger partial charge in [0.05, 0.1) is 19.3 Å². The van der Waals surface area contributed by atoms with Crippen molar-refractivity contribution in [3.8, 4) is 11.5 Å². The number of hydrogen-bond acceptors (Lipinski definition) is 4. The summed E-state index contributed by atoms with van der Waals surface area (Å²) in [7, 11) is 1.60. The number of ether oxygens (including phenoxy) is 3. The van der Waals surface area contributed by atoms with Crippen molar-refractivity contribution in [3.05, 3.63) is 23.8 Å². The molecule has 2 atom stereocenters. The first-order chi connectivity index (χ1) is 10.4. The highest BCUT2D eigenvalue weighted by Gasteiger charge is 2.17. The number of carbonyl (C=O) groups excluding carboxylic acids is 1. The monoisotopic (exact) mass is 309 g/mol. The summed E-state index contributed by atoms with van der Waals surface area (Å²) >= 11 is 0. The third-order valence-corrected chi connectivity index (χ3v) is 3.20. The molecule has 1 aromatic rings. The van der Waals surface area contributed by atoms with Crippen molar-refractivity contribution in [1.82, 2.24) is 5.32 Å². The van der Waals surface area contributed by atoms with Crippen molar-refractivity contribution in [2.45, 2.75) is 52.9 Å². The van der Waals surface area contributed by atoms with E-state index in [4.69, 9.17) is 14.2 Å². The molecule has 0 aliphatic rings. The second-order valence-electron chi connectivity index (χ2n) is 5.40. The fourth-order valence-electron chi connectivity index (χ4n) is 2.04. The zero-order chi connectivity index (χ0) is 16.7. The van der Waals surface area contributed by atoms with E-state index in [2.05, 4.69) is 5.32 Å². The van der Waals surface area contributed by atoms with E-state index >= 15 is 0 Å². The van der Waals surface area contributed by atoms with E-state index in [9.17, 15) is 4.79 Å². The number of methoxy groups -OCH3 is 1. The predicted octanol–water partition coefficient (Wildman–Crippen LogP) is 3.08. The van der Waals surface area contributed by atoms with Crippen LogP contribution in [-0.2, 0) is 9.53 Å². The first-order valence-corrected chi connectivity index (χ1v) is 7.65. The van der Waals surface area contributed by atoms with Gasteiger partial charge in [-0.3, -0.25) is 4.79 Å². The fraction of sp³-hybridized carbons (Fsp3) is 0.588. The summed E-state index contributed by atoms with van der Waals surface area (Å²) in [6, 6.07) is 5.53. The van der Waals surface area contributed by atoms with Crippen LogP contribution in [0.25, 0.3) is 0 Å². The molecule has 1 amide bonds. The minimum absolute atomic E-state index is 0.0731. The van der Waals surface area contributed by atoms with Gasteiger partial charge in [0.25, 0.3) is 0 Å². The maximum atomic E-state index is 12.0. The van der Waals surface area contributed by atoms with Gasteiger partial charge in [-0.05, 0) is 52.3 Å². The van der Waals surface area contributed by atoms with Gasteiger partial charge in [-0.2, -0.15) is 0 Å². The van der Waals surface area contributed by atoms with Gasteiger partial charge in [-0.25, -0.2) is 0 Å². The Labute approximate surface area is 132 Å². The molecule has 5 nitrogen and oxygen atoms in total. The predicted molar refractivity (Wildman–Crippen MR) is 86.4 cm³/mol. The lowest BCUT2D eigenvalue weighted by Crippen LogP contribution is -2.36. The lowest BCUT2D eigenvalue weighted by Gasteiger charge is -2.20. The maximum Gasteiger partial charge on any atom is 0.249 e. The highest BCUT2D eigenvalue weighted by atomic mass is 16.5. The summed E-state index contributed by atoms with van der Waals surface area (Å²) in [5.41, 5.74) is 0.949. The Balaban J connectivity index is 2.81. The van der Waals surface area contributed by atoms with Gasteiger partial charge in [0.15, 0.2) is 11.5 Å². The quantitative estimate of drug-likeness (QED) is 0.802. The second-order valence-corrected chi connectivity index (χ2v) is 5.40. The molecule has 1 aromatic carbocycles. The first kappa shape index (κ1) is 18.3. The molecule has 1 rings (SSSR count). The van der Waals surface area contributed by atoms with E-state index < -0.39 is 6.10 Å². The van der Waals surface area contributed by atoms with E-state index in [1.165, 1.54) is 0 Å². The van der Waals surface area contributed by atoms with Crippen LogP contribution in [0.15, 0.2) is 18.2 Å². The summed E-state index contributed by atoms with van der Waals surface area (Å²) in [6.07, 6.45) is -0.387. The zero-order valence-electron chi connectivity index (χ0n) is 14.3. The molecule has 2 unspecified atom stereocenters. The molecule has 0 bridgehead atoms. The molecule has 0 aliphatic heterocycles. The highest BCUT2D eigenvalue weighted by molar-refractivity contribution is 5.80. The Bertz CT molecular complexity index is 488. The molecular formula is C17H27NO4. The standard InChI is InChI=1S/C17H27NO4/c1-7-21-13(5)17(19)18-12(4)14-8-9-15(22-11(2)3)16(10-14)20-6/h8-13H,7H2,1-6H3,(H,18,19).